The van der Waals surface area contributed by atoms with Crippen molar-refractivity contribution < 1.29 is 4.79 Å². The third-order valence-corrected chi connectivity index (χ3v) is 3.32. The predicted octanol–water partition coefficient (Wildman–Crippen LogP) is 2.97. The Bertz CT molecular complexity index is 626. The van der Waals surface area contributed by atoms with E-state index in [9.17, 15) is 4.79 Å². The molecule has 0 saturated heterocycles. The molecule has 1 aliphatic rings. The van der Waals surface area contributed by atoms with Crippen molar-refractivity contribution in [2.75, 3.05) is 11.1 Å². The number of nitrogen functional groups attached to an aromatic ring is 1. The lowest BCUT2D eigenvalue weighted by molar-refractivity contribution is 0.101. The molecule has 4 heteroatoms. The van der Waals surface area contributed by atoms with E-state index < -0.39 is 0 Å². The average molecular weight is 255 g/mol. The first kappa shape index (κ1) is 11.8. The molecule has 1 aliphatic carbocycles. The minimum absolute atomic E-state index is 0.103. The highest BCUT2D eigenvalue weighted by molar-refractivity contribution is 6.03. The van der Waals surface area contributed by atoms with Crippen molar-refractivity contribution >= 4 is 17.3 Å². The Labute approximate surface area is 112 Å². The van der Waals surface area contributed by atoms with E-state index in [1.807, 2.05) is 42.0 Å². The summed E-state index contributed by atoms with van der Waals surface area (Å²) in [5.74, 6) is -0.103. The SMILES string of the molecule is Cc1cccc(NC(=O)c2cc(N)cn2C2CC2)c1. The van der Waals surface area contributed by atoms with Crippen LogP contribution in [0.1, 0.15) is 34.9 Å². The van der Waals surface area contributed by atoms with Gasteiger partial charge in [0, 0.05) is 17.9 Å². The molecule has 19 heavy (non-hydrogen) atoms. The minimum Gasteiger partial charge on any atom is -0.397 e. The summed E-state index contributed by atoms with van der Waals surface area (Å²) < 4.78 is 1.99. The first-order chi connectivity index (χ1) is 9.13. The third-order valence-electron chi connectivity index (χ3n) is 3.32. The van der Waals surface area contributed by atoms with Gasteiger partial charge in [-0.15, -0.1) is 0 Å². The fourth-order valence-electron chi connectivity index (χ4n) is 2.26. The molecule has 3 rings (SSSR count). The largest absolute Gasteiger partial charge is 0.397 e. The highest BCUT2D eigenvalue weighted by atomic mass is 16.1. The van der Waals surface area contributed by atoms with Gasteiger partial charge in [-0.25, -0.2) is 0 Å². The summed E-state index contributed by atoms with van der Waals surface area (Å²) in [6, 6.07) is 9.95. The topological polar surface area (TPSA) is 60.1 Å². The van der Waals surface area contributed by atoms with E-state index in [-0.39, 0.29) is 5.91 Å². The van der Waals surface area contributed by atoms with Gasteiger partial charge in [0.05, 0.1) is 5.69 Å². The second kappa shape index (κ2) is 4.46. The molecule has 0 radical (unpaired) electrons. The zero-order valence-corrected chi connectivity index (χ0v) is 10.9. The Morgan fingerprint density at radius 3 is 2.84 bits per heavy atom. The normalized spacial score (nSPS) is 14.4. The van der Waals surface area contributed by atoms with Crippen LogP contribution in [-0.4, -0.2) is 10.5 Å². The number of nitrogens with zero attached hydrogens (tertiary/aromatic N) is 1. The van der Waals surface area contributed by atoms with Crippen LogP contribution in [0.15, 0.2) is 36.5 Å². The molecule has 4 nitrogen and oxygen atoms in total. The van der Waals surface area contributed by atoms with Crippen LogP contribution in [-0.2, 0) is 0 Å². The van der Waals surface area contributed by atoms with Crippen molar-refractivity contribution in [2.45, 2.75) is 25.8 Å². The molecular weight excluding hydrogens is 238 g/mol. The number of hydrogen-bond acceptors (Lipinski definition) is 2. The summed E-state index contributed by atoms with van der Waals surface area (Å²) in [6.07, 6.45) is 4.10. The van der Waals surface area contributed by atoms with Crippen LogP contribution >= 0.6 is 0 Å². The highest BCUT2D eigenvalue weighted by Gasteiger charge is 2.27. The van der Waals surface area contributed by atoms with E-state index in [0.29, 0.717) is 17.4 Å². The van der Waals surface area contributed by atoms with Crippen LogP contribution in [0.25, 0.3) is 0 Å². The maximum Gasteiger partial charge on any atom is 0.272 e. The van der Waals surface area contributed by atoms with Gasteiger partial charge in [0.25, 0.3) is 5.91 Å². The molecule has 1 fully saturated rings. The van der Waals surface area contributed by atoms with Crippen molar-refractivity contribution in [1.29, 1.82) is 0 Å². The minimum atomic E-state index is -0.103. The fraction of sp³-hybridized carbons (Fsp3) is 0.267. The molecule has 0 spiro atoms. The summed E-state index contributed by atoms with van der Waals surface area (Å²) in [4.78, 5) is 12.3. The van der Waals surface area contributed by atoms with Crippen LogP contribution in [0.3, 0.4) is 0 Å². The molecule has 0 bridgehead atoms. The van der Waals surface area contributed by atoms with Gasteiger partial charge in [0.1, 0.15) is 5.69 Å². The highest BCUT2D eigenvalue weighted by Crippen LogP contribution is 2.37. The predicted molar refractivity (Wildman–Crippen MR) is 76.2 cm³/mol. The summed E-state index contributed by atoms with van der Waals surface area (Å²) >= 11 is 0. The zero-order valence-electron chi connectivity index (χ0n) is 10.9. The van der Waals surface area contributed by atoms with Crippen molar-refractivity contribution in [3.63, 3.8) is 0 Å². The van der Waals surface area contributed by atoms with E-state index in [0.717, 1.165) is 24.1 Å². The second-order valence-corrected chi connectivity index (χ2v) is 5.12. The number of rotatable bonds is 3. The molecule has 0 unspecified atom stereocenters. The number of aryl methyl sites for hydroxylation is 1. The number of nitrogens with two attached hydrogens (primary N) is 1. The van der Waals surface area contributed by atoms with Crippen molar-refractivity contribution in [2.24, 2.45) is 0 Å². The van der Waals surface area contributed by atoms with Crippen molar-refractivity contribution in [3.8, 4) is 0 Å². The lowest BCUT2D eigenvalue weighted by Gasteiger charge is -2.09. The van der Waals surface area contributed by atoms with Gasteiger partial charge in [0.2, 0.25) is 0 Å². The number of hydrogen-bond donors (Lipinski definition) is 2. The summed E-state index contributed by atoms with van der Waals surface area (Å²) in [5.41, 5.74) is 9.01. The molecule has 3 N–H and O–H groups in total. The molecule has 1 aromatic heterocycles. The van der Waals surface area contributed by atoms with Gasteiger partial charge in [-0.1, -0.05) is 12.1 Å². The number of carbonyl (C=O) groups excluding carboxylic acids is 1. The Hall–Kier alpha value is -2.23. The lowest BCUT2D eigenvalue weighted by atomic mass is 10.2. The fourth-order valence-corrected chi connectivity index (χ4v) is 2.26. The molecule has 0 aliphatic heterocycles. The first-order valence-electron chi connectivity index (χ1n) is 6.49. The van der Waals surface area contributed by atoms with Gasteiger partial charge >= 0.3 is 0 Å². The Balaban J connectivity index is 1.84. The van der Waals surface area contributed by atoms with E-state index in [1.165, 1.54) is 0 Å². The maximum absolute atomic E-state index is 12.3. The molecule has 1 saturated carbocycles. The maximum atomic E-state index is 12.3. The third kappa shape index (κ3) is 2.47. The summed E-state index contributed by atoms with van der Waals surface area (Å²) in [5, 5.41) is 2.92. The number of aromatic nitrogens is 1. The number of amides is 1. The molecule has 0 atom stereocenters. The number of carbonyl (C=O) groups is 1. The Morgan fingerprint density at radius 2 is 2.16 bits per heavy atom. The molecule has 2 aromatic rings. The standard InChI is InChI=1S/C15H17N3O/c1-10-3-2-4-12(7-10)17-15(19)14-8-11(16)9-18(14)13-5-6-13/h2-4,7-9,13H,5-6,16H2,1H3,(H,17,19). The molecule has 1 amide bonds. The molecule has 98 valence electrons. The van der Waals surface area contributed by atoms with Crippen LogP contribution in [0.5, 0.6) is 0 Å². The first-order valence-corrected chi connectivity index (χ1v) is 6.49. The number of benzene rings is 1. The molecule has 1 heterocycles. The average Bonchev–Trinajstić information content (AvgIpc) is 3.12. The van der Waals surface area contributed by atoms with Crippen LogP contribution in [0.4, 0.5) is 11.4 Å². The van der Waals surface area contributed by atoms with Crippen LogP contribution < -0.4 is 11.1 Å². The van der Waals surface area contributed by atoms with E-state index >= 15 is 0 Å². The van der Waals surface area contributed by atoms with E-state index in [2.05, 4.69) is 5.32 Å². The van der Waals surface area contributed by atoms with E-state index in [4.69, 9.17) is 5.73 Å². The number of nitrogens with one attached hydrogen (secondary N) is 1. The Morgan fingerprint density at radius 1 is 1.37 bits per heavy atom. The zero-order chi connectivity index (χ0) is 13.4. The molecular formula is C15H17N3O. The van der Waals surface area contributed by atoms with Gasteiger partial charge < -0.3 is 15.6 Å². The smallest absolute Gasteiger partial charge is 0.272 e. The van der Waals surface area contributed by atoms with Crippen LogP contribution in [0.2, 0.25) is 0 Å². The second-order valence-electron chi connectivity index (χ2n) is 5.12. The van der Waals surface area contributed by atoms with Gasteiger partial charge in [-0.3, -0.25) is 4.79 Å². The van der Waals surface area contributed by atoms with E-state index in [1.54, 1.807) is 6.07 Å². The number of anilines is 2. The molecule has 1 aromatic carbocycles. The monoisotopic (exact) mass is 255 g/mol. The van der Waals surface area contributed by atoms with Crippen LogP contribution in [0, 0.1) is 6.92 Å². The Kier molecular flexibility index (Phi) is 2.78. The lowest BCUT2D eigenvalue weighted by Crippen LogP contribution is -2.16. The van der Waals surface area contributed by atoms with Crippen molar-refractivity contribution in [3.05, 3.63) is 47.8 Å². The summed E-state index contributed by atoms with van der Waals surface area (Å²) in [6.45, 7) is 2.00. The van der Waals surface area contributed by atoms with Gasteiger partial charge in [0.15, 0.2) is 0 Å². The van der Waals surface area contributed by atoms with Gasteiger partial charge in [-0.05, 0) is 43.5 Å². The van der Waals surface area contributed by atoms with Crippen molar-refractivity contribution in [1.82, 2.24) is 4.57 Å². The quantitative estimate of drug-likeness (QED) is 0.885. The van der Waals surface area contributed by atoms with Gasteiger partial charge in [-0.2, -0.15) is 0 Å². The summed E-state index contributed by atoms with van der Waals surface area (Å²) in [7, 11) is 0.